The molecule has 0 radical (unpaired) electrons. The van der Waals surface area contributed by atoms with Crippen LogP contribution < -0.4 is 0 Å². The molecule has 0 heterocycles. The molecule has 0 saturated carbocycles. The summed E-state index contributed by atoms with van der Waals surface area (Å²) < 4.78 is 9.04. The molecule has 0 aliphatic heterocycles. The molecule has 0 rings (SSSR count). The predicted octanol–water partition coefficient (Wildman–Crippen LogP) is -0.525. The zero-order chi connectivity index (χ0) is 9.40. The first-order valence-corrected chi connectivity index (χ1v) is 3.50. The molecular weight excluding hydrogens is 164 g/mol. The summed E-state index contributed by atoms with van der Waals surface area (Å²) in [6.45, 7) is 1.11. The zero-order valence-corrected chi connectivity index (χ0v) is 6.91. The van der Waals surface area contributed by atoms with Crippen molar-refractivity contribution in [2.45, 2.75) is 13.3 Å². The van der Waals surface area contributed by atoms with Crippen LogP contribution in [0.4, 0.5) is 0 Å². The number of hydrogen-bond donors (Lipinski definition) is 1. The highest BCUT2D eigenvalue weighted by atomic mass is 16.6. The van der Waals surface area contributed by atoms with Gasteiger partial charge >= 0.3 is 5.97 Å². The van der Waals surface area contributed by atoms with Crippen LogP contribution in [0.3, 0.4) is 0 Å². The second-order valence-corrected chi connectivity index (χ2v) is 2.14. The van der Waals surface area contributed by atoms with Crippen molar-refractivity contribution in [3.8, 4) is 0 Å². The van der Waals surface area contributed by atoms with E-state index in [0.29, 0.717) is 0 Å². The lowest BCUT2D eigenvalue weighted by Crippen LogP contribution is -2.13. The summed E-state index contributed by atoms with van der Waals surface area (Å²) in [5, 5.41) is 8.16. The molecule has 0 saturated heterocycles. The molecule has 5 nitrogen and oxygen atoms in total. The molecule has 0 aromatic rings. The molecule has 12 heavy (non-hydrogen) atoms. The molecule has 0 atom stereocenters. The average molecular weight is 176 g/mol. The van der Waals surface area contributed by atoms with Gasteiger partial charge < -0.3 is 14.6 Å². The van der Waals surface area contributed by atoms with Gasteiger partial charge in [0.2, 0.25) is 0 Å². The van der Waals surface area contributed by atoms with E-state index in [1.165, 1.54) is 6.92 Å². The van der Waals surface area contributed by atoms with Gasteiger partial charge in [0.05, 0.1) is 6.61 Å². The molecule has 0 unspecified atom stereocenters. The number of rotatable bonds is 6. The summed E-state index contributed by atoms with van der Waals surface area (Å²) in [5.74, 6) is -0.799. The highest BCUT2D eigenvalue weighted by Crippen LogP contribution is 1.87. The van der Waals surface area contributed by atoms with Crippen molar-refractivity contribution >= 4 is 11.8 Å². The number of carbonyl (C=O) groups excluding carboxylic acids is 2. The fourth-order valence-electron chi connectivity index (χ4n) is 0.533. The first-order chi connectivity index (χ1) is 5.66. The van der Waals surface area contributed by atoms with E-state index >= 15 is 0 Å². The lowest BCUT2D eigenvalue weighted by molar-refractivity contribution is -0.148. The normalized spacial score (nSPS) is 9.50. The monoisotopic (exact) mass is 176 g/mol. The summed E-state index contributed by atoms with van der Waals surface area (Å²) in [6.07, 6.45) is -0.209. The Bertz CT molecular complexity index is 154. The van der Waals surface area contributed by atoms with Crippen molar-refractivity contribution in [1.29, 1.82) is 0 Å². The van der Waals surface area contributed by atoms with Gasteiger partial charge in [-0.2, -0.15) is 0 Å². The Hall–Kier alpha value is -0.940. The smallest absolute Gasteiger partial charge is 0.313 e. The maximum atomic E-state index is 10.7. The van der Waals surface area contributed by atoms with Crippen molar-refractivity contribution in [2.24, 2.45) is 0 Å². The Kier molecular flexibility index (Phi) is 6.22. The highest BCUT2D eigenvalue weighted by molar-refractivity contribution is 5.94. The molecule has 0 aliphatic carbocycles. The third-order valence-electron chi connectivity index (χ3n) is 0.975. The minimum absolute atomic E-state index is 0.0622. The summed E-state index contributed by atoms with van der Waals surface area (Å²) in [6, 6.07) is 0. The average Bonchev–Trinajstić information content (AvgIpc) is 1.97. The van der Waals surface area contributed by atoms with Crippen LogP contribution in [0, 0.1) is 0 Å². The van der Waals surface area contributed by atoms with Crippen molar-refractivity contribution in [3.63, 3.8) is 0 Å². The zero-order valence-electron chi connectivity index (χ0n) is 6.91. The summed E-state index contributed by atoms with van der Waals surface area (Å²) in [4.78, 5) is 21.0. The Morgan fingerprint density at radius 3 is 2.50 bits per heavy atom. The van der Waals surface area contributed by atoms with Crippen molar-refractivity contribution in [1.82, 2.24) is 0 Å². The van der Waals surface area contributed by atoms with Crippen LogP contribution in [-0.4, -0.2) is 36.9 Å². The topological polar surface area (TPSA) is 72.8 Å². The standard InChI is InChI=1S/C7H12O5/c1-6(9)4-7(10)12-3-2-11-5-8/h8H,2-5H2,1H3. The van der Waals surface area contributed by atoms with Gasteiger partial charge in [-0.05, 0) is 6.92 Å². The van der Waals surface area contributed by atoms with E-state index in [9.17, 15) is 9.59 Å². The fourth-order valence-corrected chi connectivity index (χ4v) is 0.533. The number of ether oxygens (including phenoxy) is 2. The third-order valence-corrected chi connectivity index (χ3v) is 0.975. The number of aliphatic hydroxyl groups is 1. The summed E-state index contributed by atoms with van der Waals surface area (Å²) in [7, 11) is 0. The lowest BCUT2D eigenvalue weighted by atomic mass is 10.3. The van der Waals surface area contributed by atoms with Gasteiger partial charge in [-0.25, -0.2) is 0 Å². The number of ketones is 1. The minimum Gasteiger partial charge on any atom is -0.463 e. The molecule has 0 aliphatic rings. The molecule has 70 valence electrons. The molecule has 5 heteroatoms. The van der Waals surface area contributed by atoms with Gasteiger partial charge in [0, 0.05) is 0 Å². The third kappa shape index (κ3) is 7.17. The first-order valence-electron chi connectivity index (χ1n) is 3.50. The number of carbonyl (C=O) groups is 2. The lowest BCUT2D eigenvalue weighted by Gasteiger charge is -2.02. The maximum Gasteiger partial charge on any atom is 0.313 e. The molecule has 0 aromatic heterocycles. The minimum atomic E-state index is -0.566. The van der Waals surface area contributed by atoms with Crippen LogP contribution in [0.2, 0.25) is 0 Å². The van der Waals surface area contributed by atoms with Crippen molar-refractivity contribution in [3.05, 3.63) is 0 Å². The fraction of sp³-hybridized carbons (Fsp3) is 0.714. The van der Waals surface area contributed by atoms with E-state index in [1.54, 1.807) is 0 Å². The summed E-state index contributed by atoms with van der Waals surface area (Å²) in [5.41, 5.74) is 0. The van der Waals surface area contributed by atoms with Gasteiger partial charge in [0.15, 0.2) is 0 Å². The van der Waals surface area contributed by atoms with Crippen LogP contribution in [0.15, 0.2) is 0 Å². The van der Waals surface area contributed by atoms with E-state index < -0.39 is 12.8 Å². The quantitative estimate of drug-likeness (QED) is 0.255. The Morgan fingerprint density at radius 1 is 1.33 bits per heavy atom. The molecule has 0 amide bonds. The van der Waals surface area contributed by atoms with Gasteiger partial charge in [-0.3, -0.25) is 9.59 Å². The molecular formula is C7H12O5. The van der Waals surface area contributed by atoms with Gasteiger partial charge in [0.25, 0.3) is 0 Å². The van der Waals surface area contributed by atoms with Gasteiger partial charge in [-0.1, -0.05) is 0 Å². The molecule has 0 fully saturated rings. The van der Waals surface area contributed by atoms with Crippen LogP contribution in [0.5, 0.6) is 0 Å². The summed E-state index contributed by atoms with van der Waals surface area (Å²) >= 11 is 0. The van der Waals surface area contributed by atoms with E-state index in [-0.39, 0.29) is 25.4 Å². The molecule has 0 bridgehead atoms. The van der Waals surface area contributed by atoms with E-state index in [2.05, 4.69) is 9.47 Å². The number of hydrogen-bond acceptors (Lipinski definition) is 5. The molecule has 1 N–H and O–H groups in total. The number of aliphatic hydroxyl groups excluding tert-OH is 1. The molecule has 0 spiro atoms. The van der Waals surface area contributed by atoms with Crippen molar-refractivity contribution < 1.29 is 24.2 Å². The van der Waals surface area contributed by atoms with E-state index in [0.717, 1.165) is 0 Å². The maximum absolute atomic E-state index is 10.7. The van der Waals surface area contributed by atoms with E-state index in [1.807, 2.05) is 0 Å². The van der Waals surface area contributed by atoms with Gasteiger partial charge in [-0.15, -0.1) is 0 Å². The second-order valence-electron chi connectivity index (χ2n) is 2.14. The Labute approximate surface area is 70.3 Å². The second kappa shape index (κ2) is 6.75. The first kappa shape index (κ1) is 11.1. The van der Waals surface area contributed by atoms with Crippen LogP contribution >= 0.6 is 0 Å². The van der Waals surface area contributed by atoms with Crippen molar-refractivity contribution in [2.75, 3.05) is 20.0 Å². The Balaban J connectivity index is 3.26. The largest absolute Gasteiger partial charge is 0.463 e. The number of Topliss-reactive ketones (excluding diaryl/α,β-unsaturated/α-hetero) is 1. The van der Waals surface area contributed by atoms with Crippen LogP contribution in [0.25, 0.3) is 0 Å². The highest BCUT2D eigenvalue weighted by Gasteiger charge is 2.05. The van der Waals surface area contributed by atoms with Crippen LogP contribution in [-0.2, 0) is 19.1 Å². The van der Waals surface area contributed by atoms with Crippen LogP contribution in [0.1, 0.15) is 13.3 Å². The van der Waals surface area contributed by atoms with Gasteiger partial charge in [0.1, 0.15) is 25.6 Å². The number of esters is 1. The SMILES string of the molecule is CC(=O)CC(=O)OCCOCO. The Morgan fingerprint density at radius 2 is 2.00 bits per heavy atom. The van der Waals surface area contributed by atoms with E-state index in [4.69, 9.17) is 5.11 Å². The predicted molar refractivity (Wildman–Crippen MR) is 39.3 cm³/mol. The molecule has 0 aromatic carbocycles.